The highest BCUT2D eigenvalue weighted by Gasteiger charge is 2.17. The van der Waals surface area contributed by atoms with Crippen molar-refractivity contribution >= 4 is 17.3 Å². The summed E-state index contributed by atoms with van der Waals surface area (Å²) in [4.78, 5) is 21.8. The van der Waals surface area contributed by atoms with Crippen molar-refractivity contribution in [3.63, 3.8) is 0 Å². The lowest BCUT2D eigenvalue weighted by atomic mass is 10.2. The lowest BCUT2D eigenvalue weighted by Gasteiger charge is -2.06. The van der Waals surface area contributed by atoms with Gasteiger partial charge in [0.15, 0.2) is 0 Å². The molecule has 104 valence electrons. The molecular formula is C13H12N2O5. The zero-order valence-corrected chi connectivity index (χ0v) is 10.7. The van der Waals surface area contributed by atoms with Crippen LogP contribution in [-0.4, -0.2) is 18.0 Å². The standard InChI is InChI=1S/C13H12N2O5/c1-19-13(16)12-9(6-7-20-12)8-14-10-4-2-3-5-11(10)15(17)18/h2-7,14H,8H2,1H3. The van der Waals surface area contributed by atoms with Crippen molar-refractivity contribution in [3.05, 3.63) is 58.0 Å². The van der Waals surface area contributed by atoms with Gasteiger partial charge < -0.3 is 14.5 Å². The molecule has 0 atom stereocenters. The van der Waals surface area contributed by atoms with E-state index in [4.69, 9.17) is 4.42 Å². The van der Waals surface area contributed by atoms with Crippen molar-refractivity contribution in [3.8, 4) is 0 Å². The number of carbonyl (C=O) groups is 1. The van der Waals surface area contributed by atoms with Crippen LogP contribution < -0.4 is 5.32 Å². The molecule has 1 aromatic carbocycles. The Morgan fingerprint density at radius 2 is 2.15 bits per heavy atom. The summed E-state index contributed by atoms with van der Waals surface area (Å²) in [6.45, 7) is 0.214. The quantitative estimate of drug-likeness (QED) is 0.512. The smallest absolute Gasteiger partial charge is 0.374 e. The van der Waals surface area contributed by atoms with E-state index in [2.05, 4.69) is 10.1 Å². The van der Waals surface area contributed by atoms with Crippen molar-refractivity contribution in [1.82, 2.24) is 0 Å². The molecule has 2 rings (SSSR count). The number of nitro groups is 1. The van der Waals surface area contributed by atoms with E-state index < -0.39 is 10.9 Å². The highest BCUT2D eigenvalue weighted by molar-refractivity contribution is 5.87. The number of ether oxygens (including phenoxy) is 1. The van der Waals surface area contributed by atoms with Crippen LogP contribution >= 0.6 is 0 Å². The van der Waals surface area contributed by atoms with Gasteiger partial charge in [-0.05, 0) is 12.1 Å². The Kier molecular flexibility index (Phi) is 3.99. The van der Waals surface area contributed by atoms with Gasteiger partial charge in [-0.3, -0.25) is 10.1 Å². The van der Waals surface area contributed by atoms with Gasteiger partial charge in [-0.2, -0.15) is 0 Å². The average Bonchev–Trinajstić information content (AvgIpc) is 2.92. The molecule has 0 saturated heterocycles. The van der Waals surface area contributed by atoms with Crippen LogP contribution in [-0.2, 0) is 11.3 Å². The lowest BCUT2D eigenvalue weighted by Crippen LogP contribution is -2.07. The molecular weight excluding hydrogens is 264 g/mol. The SMILES string of the molecule is COC(=O)c1occc1CNc1ccccc1[N+](=O)[O-]. The number of rotatable bonds is 5. The fourth-order valence-corrected chi connectivity index (χ4v) is 1.72. The fourth-order valence-electron chi connectivity index (χ4n) is 1.72. The second-order valence-corrected chi connectivity index (χ2v) is 3.89. The van der Waals surface area contributed by atoms with Gasteiger partial charge in [-0.1, -0.05) is 12.1 Å². The molecule has 0 amide bonds. The molecule has 0 aliphatic carbocycles. The number of anilines is 1. The van der Waals surface area contributed by atoms with Crippen LogP contribution in [0.25, 0.3) is 0 Å². The zero-order valence-electron chi connectivity index (χ0n) is 10.7. The number of benzene rings is 1. The molecule has 0 radical (unpaired) electrons. The molecule has 0 saturated carbocycles. The normalized spacial score (nSPS) is 10.1. The lowest BCUT2D eigenvalue weighted by molar-refractivity contribution is -0.384. The van der Waals surface area contributed by atoms with E-state index in [1.54, 1.807) is 24.3 Å². The van der Waals surface area contributed by atoms with Gasteiger partial charge in [0.25, 0.3) is 5.69 Å². The third-order valence-corrected chi connectivity index (χ3v) is 2.69. The number of methoxy groups -OCH3 is 1. The average molecular weight is 276 g/mol. The van der Waals surface area contributed by atoms with Gasteiger partial charge in [0.1, 0.15) is 5.69 Å². The number of nitrogens with one attached hydrogen (secondary N) is 1. The third-order valence-electron chi connectivity index (χ3n) is 2.69. The van der Waals surface area contributed by atoms with Crippen LogP contribution in [0.4, 0.5) is 11.4 Å². The van der Waals surface area contributed by atoms with Gasteiger partial charge in [0.2, 0.25) is 5.76 Å². The third kappa shape index (κ3) is 2.77. The molecule has 1 N–H and O–H groups in total. The number of esters is 1. The Labute approximate surface area is 114 Å². The summed E-state index contributed by atoms with van der Waals surface area (Å²) >= 11 is 0. The molecule has 1 aromatic heterocycles. The van der Waals surface area contributed by atoms with E-state index in [9.17, 15) is 14.9 Å². The number of furan rings is 1. The highest BCUT2D eigenvalue weighted by atomic mass is 16.6. The van der Waals surface area contributed by atoms with Crippen LogP contribution in [0.1, 0.15) is 16.1 Å². The first-order valence-electron chi connectivity index (χ1n) is 5.75. The fraction of sp³-hybridized carbons (Fsp3) is 0.154. The summed E-state index contributed by atoms with van der Waals surface area (Å²) in [5.74, 6) is -0.507. The Morgan fingerprint density at radius 1 is 1.40 bits per heavy atom. The summed E-state index contributed by atoms with van der Waals surface area (Å²) in [7, 11) is 1.25. The van der Waals surface area contributed by atoms with Gasteiger partial charge in [0, 0.05) is 18.2 Å². The molecule has 20 heavy (non-hydrogen) atoms. The van der Waals surface area contributed by atoms with Crippen molar-refractivity contribution in [2.75, 3.05) is 12.4 Å². The predicted octanol–water partition coefficient (Wildman–Crippen LogP) is 2.59. The predicted molar refractivity (Wildman–Crippen MR) is 70.5 cm³/mol. The van der Waals surface area contributed by atoms with Crippen molar-refractivity contribution in [1.29, 1.82) is 0 Å². The largest absolute Gasteiger partial charge is 0.463 e. The Bertz CT molecular complexity index is 635. The maximum Gasteiger partial charge on any atom is 0.374 e. The molecule has 0 aliphatic heterocycles. The van der Waals surface area contributed by atoms with Crippen LogP contribution in [0.2, 0.25) is 0 Å². The number of hydrogen-bond donors (Lipinski definition) is 1. The van der Waals surface area contributed by atoms with Gasteiger partial charge >= 0.3 is 5.97 Å². The summed E-state index contributed by atoms with van der Waals surface area (Å²) in [5.41, 5.74) is 0.903. The maximum atomic E-state index is 11.4. The summed E-state index contributed by atoms with van der Waals surface area (Å²) in [6, 6.07) is 7.87. The van der Waals surface area contributed by atoms with Crippen molar-refractivity contribution in [2.24, 2.45) is 0 Å². The van der Waals surface area contributed by atoms with Crippen LogP contribution in [0.15, 0.2) is 41.0 Å². The van der Waals surface area contributed by atoms with Gasteiger partial charge in [0.05, 0.1) is 18.3 Å². The first kappa shape index (κ1) is 13.6. The Hall–Kier alpha value is -2.83. The Balaban J connectivity index is 2.16. The zero-order chi connectivity index (χ0) is 14.5. The first-order chi connectivity index (χ1) is 9.63. The number of hydrogen-bond acceptors (Lipinski definition) is 6. The molecule has 2 aromatic rings. The molecule has 0 aliphatic rings. The minimum Gasteiger partial charge on any atom is -0.463 e. The van der Waals surface area contributed by atoms with Crippen LogP contribution in [0.5, 0.6) is 0 Å². The van der Waals surface area contributed by atoms with Gasteiger partial charge in [-0.15, -0.1) is 0 Å². The van der Waals surface area contributed by atoms with E-state index >= 15 is 0 Å². The number of para-hydroxylation sites is 2. The second-order valence-electron chi connectivity index (χ2n) is 3.89. The van der Waals surface area contributed by atoms with E-state index in [1.807, 2.05) is 0 Å². The van der Waals surface area contributed by atoms with Crippen LogP contribution in [0.3, 0.4) is 0 Å². The molecule has 7 nitrogen and oxygen atoms in total. The van der Waals surface area contributed by atoms with E-state index in [0.717, 1.165) is 0 Å². The summed E-state index contributed by atoms with van der Waals surface area (Å²) < 4.78 is 9.62. The molecule has 7 heteroatoms. The van der Waals surface area contributed by atoms with Crippen molar-refractivity contribution < 1.29 is 18.9 Å². The highest BCUT2D eigenvalue weighted by Crippen LogP contribution is 2.24. The molecule has 1 heterocycles. The van der Waals surface area contributed by atoms with E-state index in [1.165, 1.54) is 19.4 Å². The molecule has 0 unspecified atom stereocenters. The summed E-state index contributed by atoms with van der Waals surface area (Å²) in [6.07, 6.45) is 1.36. The molecule has 0 fully saturated rings. The maximum absolute atomic E-state index is 11.4. The summed E-state index contributed by atoms with van der Waals surface area (Å²) in [5, 5.41) is 13.8. The Morgan fingerprint density at radius 3 is 2.85 bits per heavy atom. The van der Waals surface area contributed by atoms with Crippen LogP contribution in [0, 0.1) is 10.1 Å². The number of carbonyl (C=O) groups excluding carboxylic acids is 1. The monoisotopic (exact) mass is 276 g/mol. The topological polar surface area (TPSA) is 94.6 Å². The molecule has 0 spiro atoms. The number of nitrogens with zero attached hydrogens (tertiary/aromatic N) is 1. The van der Waals surface area contributed by atoms with E-state index in [0.29, 0.717) is 11.3 Å². The van der Waals surface area contributed by atoms with E-state index in [-0.39, 0.29) is 18.0 Å². The molecule has 0 bridgehead atoms. The number of nitro benzene ring substituents is 1. The second kappa shape index (κ2) is 5.87. The minimum atomic E-state index is -0.589. The minimum absolute atomic E-state index is 0.0318. The van der Waals surface area contributed by atoms with Gasteiger partial charge in [-0.25, -0.2) is 4.79 Å². The van der Waals surface area contributed by atoms with Crippen molar-refractivity contribution in [2.45, 2.75) is 6.54 Å². The first-order valence-corrected chi connectivity index (χ1v) is 5.75.